The molecule has 0 atom stereocenters. The number of fused-ring (bicyclic) bond motifs is 1. The van der Waals surface area contributed by atoms with Crippen LogP contribution in [-0.2, 0) is 6.54 Å². The van der Waals surface area contributed by atoms with E-state index in [4.69, 9.17) is 9.47 Å². The van der Waals surface area contributed by atoms with Crippen LogP contribution in [0.3, 0.4) is 0 Å². The van der Waals surface area contributed by atoms with E-state index in [1.165, 1.54) is 4.90 Å². The average molecular weight is 369 g/mol. The normalized spacial score (nSPS) is 12.3. The SMILES string of the molecule is CN(C)C(=O)c1cccc(NC(=O)N(C)Cc2ccc3c(c2)OCCO3)c1. The van der Waals surface area contributed by atoms with Gasteiger partial charge >= 0.3 is 6.03 Å². The van der Waals surface area contributed by atoms with E-state index in [2.05, 4.69) is 5.32 Å². The van der Waals surface area contributed by atoms with E-state index >= 15 is 0 Å². The summed E-state index contributed by atoms with van der Waals surface area (Å²) in [6.07, 6.45) is 0. The zero-order valence-electron chi connectivity index (χ0n) is 15.7. The number of carbonyl (C=O) groups is 2. The lowest BCUT2D eigenvalue weighted by Gasteiger charge is -2.21. The van der Waals surface area contributed by atoms with Crippen molar-refractivity contribution >= 4 is 17.6 Å². The molecule has 2 aromatic carbocycles. The first-order valence-electron chi connectivity index (χ1n) is 8.66. The summed E-state index contributed by atoms with van der Waals surface area (Å²) < 4.78 is 11.1. The zero-order valence-corrected chi connectivity index (χ0v) is 15.7. The molecular formula is C20H23N3O4. The molecule has 1 aliphatic rings. The third kappa shape index (κ3) is 4.49. The van der Waals surface area contributed by atoms with Crippen LogP contribution in [0.2, 0.25) is 0 Å². The lowest BCUT2D eigenvalue weighted by atomic mass is 10.1. The zero-order chi connectivity index (χ0) is 19.4. The van der Waals surface area contributed by atoms with Gasteiger partial charge in [0, 0.05) is 38.9 Å². The molecule has 0 bridgehead atoms. The second-order valence-electron chi connectivity index (χ2n) is 6.54. The number of urea groups is 1. The minimum atomic E-state index is -0.264. The Morgan fingerprint density at radius 2 is 1.74 bits per heavy atom. The van der Waals surface area contributed by atoms with E-state index in [0.717, 1.165) is 11.3 Å². The van der Waals surface area contributed by atoms with Crippen LogP contribution in [0.15, 0.2) is 42.5 Å². The minimum Gasteiger partial charge on any atom is -0.486 e. The first-order chi connectivity index (χ1) is 12.9. The Hall–Kier alpha value is -3.22. The van der Waals surface area contributed by atoms with Gasteiger partial charge in [-0.25, -0.2) is 4.79 Å². The summed E-state index contributed by atoms with van der Waals surface area (Å²) in [5, 5.41) is 2.82. The molecule has 1 N–H and O–H groups in total. The molecule has 3 amide bonds. The van der Waals surface area contributed by atoms with Gasteiger partial charge in [0.2, 0.25) is 0 Å². The number of ether oxygens (including phenoxy) is 2. The fourth-order valence-electron chi connectivity index (χ4n) is 2.74. The van der Waals surface area contributed by atoms with Gasteiger partial charge < -0.3 is 24.6 Å². The summed E-state index contributed by atoms with van der Waals surface area (Å²) >= 11 is 0. The van der Waals surface area contributed by atoms with E-state index in [1.807, 2.05) is 18.2 Å². The highest BCUT2D eigenvalue weighted by Crippen LogP contribution is 2.31. The molecule has 1 heterocycles. The molecule has 2 aromatic rings. The number of benzene rings is 2. The van der Waals surface area contributed by atoms with Gasteiger partial charge in [0.1, 0.15) is 13.2 Å². The molecule has 0 spiro atoms. The van der Waals surface area contributed by atoms with Crippen LogP contribution >= 0.6 is 0 Å². The van der Waals surface area contributed by atoms with Crippen molar-refractivity contribution in [1.82, 2.24) is 9.80 Å². The summed E-state index contributed by atoms with van der Waals surface area (Å²) in [7, 11) is 5.09. The minimum absolute atomic E-state index is 0.115. The van der Waals surface area contributed by atoms with Crippen molar-refractivity contribution in [2.45, 2.75) is 6.54 Å². The molecule has 142 valence electrons. The molecule has 27 heavy (non-hydrogen) atoms. The van der Waals surface area contributed by atoms with Gasteiger partial charge in [-0.1, -0.05) is 12.1 Å². The van der Waals surface area contributed by atoms with Crippen molar-refractivity contribution in [3.8, 4) is 11.5 Å². The highest BCUT2D eigenvalue weighted by Gasteiger charge is 2.15. The van der Waals surface area contributed by atoms with Gasteiger partial charge in [0.25, 0.3) is 5.91 Å². The second kappa shape index (κ2) is 7.99. The van der Waals surface area contributed by atoms with Crippen molar-refractivity contribution in [3.05, 3.63) is 53.6 Å². The number of anilines is 1. The highest BCUT2D eigenvalue weighted by molar-refractivity contribution is 5.96. The molecule has 3 rings (SSSR count). The molecule has 1 aliphatic heterocycles. The Kier molecular flexibility index (Phi) is 5.49. The molecular weight excluding hydrogens is 346 g/mol. The highest BCUT2D eigenvalue weighted by atomic mass is 16.6. The van der Waals surface area contributed by atoms with Crippen LogP contribution in [0.25, 0.3) is 0 Å². The fourth-order valence-corrected chi connectivity index (χ4v) is 2.74. The summed E-state index contributed by atoms with van der Waals surface area (Å²) in [6, 6.07) is 12.3. The van der Waals surface area contributed by atoms with Crippen LogP contribution in [0, 0.1) is 0 Å². The summed E-state index contributed by atoms with van der Waals surface area (Å²) in [5.74, 6) is 1.30. The maximum Gasteiger partial charge on any atom is 0.321 e. The van der Waals surface area contributed by atoms with E-state index < -0.39 is 0 Å². The fraction of sp³-hybridized carbons (Fsp3) is 0.300. The monoisotopic (exact) mass is 369 g/mol. The Labute approximate surface area is 158 Å². The molecule has 0 saturated carbocycles. The number of amides is 3. The third-order valence-electron chi connectivity index (χ3n) is 4.14. The predicted octanol–water partition coefficient (Wildman–Crippen LogP) is 2.82. The Bertz CT molecular complexity index is 851. The quantitative estimate of drug-likeness (QED) is 0.900. The largest absolute Gasteiger partial charge is 0.486 e. The first-order valence-corrected chi connectivity index (χ1v) is 8.66. The molecule has 0 aliphatic carbocycles. The van der Waals surface area contributed by atoms with Crippen molar-refractivity contribution < 1.29 is 19.1 Å². The van der Waals surface area contributed by atoms with Gasteiger partial charge in [0.15, 0.2) is 11.5 Å². The second-order valence-corrected chi connectivity index (χ2v) is 6.54. The number of hydrogen-bond donors (Lipinski definition) is 1. The van der Waals surface area contributed by atoms with Crippen molar-refractivity contribution in [2.75, 3.05) is 39.7 Å². The summed E-state index contributed by atoms with van der Waals surface area (Å²) in [5.41, 5.74) is 2.03. The van der Waals surface area contributed by atoms with Crippen molar-refractivity contribution in [1.29, 1.82) is 0 Å². The molecule has 0 radical (unpaired) electrons. The Morgan fingerprint density at radius 3 is 2.48 bits per heavy atom. The molecule has 7 nitrogen and oxygen atoms in total. The molecule has 0 saturated heterocycles. The average Bonchev–Trinajstić information content (AvgIpc) is 2.67. The number of carbonyl (C=O) groups excluding carboxylic acids is 2. The topological polar surface area (TPSA) is 71.1 Å². The summed E-state index contributed by atoms with van der Waals surface area (Å²) in [4.78, 5) is 27.6. The first kappa shape index (κ1) is 18.6. The van der Waals surface area contributed by atoms with E-state index in [-0.39, 0.29) is 11.9 Å². The van der Waals surface area contributed by atoms with E-state index in [1.54, 1.807) is 50.3 Å². The maximum absolute atomic E-state index is 12.5. The summed E-state index contributed by atoms with van der Waals surface area (Å²) in [6.45, 7) is 1.48. The standard InChI is InChI=1S/C20H23N3O4/c1-22(2)19(24)15-5-4-6-16(12-15)21-20(25)23(3)13-14-7-8-17-18(11-14)27-10-9-26-17/h4-8,11-12H,9-10,13H2,1-3H3,(H,21,25). The van der Waals surface area contributed by atoms with Gasteiger partial charge in [-0.05, 0) is 35.9 Å². The number of nitrogens with one attached hydrogen (secondary N) is 1. The van der Waals surface area contributed by atoms with E-state index in [0.29, 0.717) is 36.8 Å². The van der Waals surface area contributed by atoms with Crippen LogP contribution in [-0.4, -0.2) is 56.1 Å². The number of hydrogen-bond acceptors (Lipinski definition) is 4. The van der Waals surface area contributed by atoms with Crippen molar-refractivity contribution in [2.24, 2.45) is 0 Å². The lowest BCUT2D eigenvalue weighted by molar-refractivity contribution is 0.0827. The van der Waals surface area contributed by atoms with Crippen LogP contribution < -0.4 is 14.8 Å². The van der Waals surface area contributed by atoms with Crippen LogP contribution in [0.1, 0.15) is 15.9 Å². The smallest absolute Gasteiger partial charge is 0.321 e. The molecule has 7 heteroatoms. The number of rotatable bonds is 4. The molecule has 0 aromatic heterocycles. The molecule has 0 unspecified atom stereocenters. The van der Waals surface area contributed by atoms with Gasteiger partial charge in [0.05, 0.1) is 0 Å². The van der Waals surface area contributed by atoms with Gasteiger partial charge in [-0.15, -0.1) is 0 Å². The molecule has 0 fully saturated rings. The van der Waals surface area contributed by atoms with Crippen molar-refractivity contribution in [3.63, 3.8) is 0 Å². The third-order valence-corrected chi connectivity index (χ3v) is 4.14. The van der Waals surface area contributed by atoms with Gasteiger partial charge in [-0.2, -0.15) is 0 Å². The maximum atomic E-state index is 12.5. The lowest BCUT2D eigenvalue weighted by Crippen LogP contribution is -2.31. The van der Waals surface area contributed by atoms with E-state index in [9.17, 15) is 9.59 Å². The Balaban J connectivity index is 1.64. The van der Waals surface area contributed by atoms with Crippen LogP contribution in [0.5, 0.6) is 11.5 Å². The van der Waals surface area contributed by atoms with Crippen LogP contribution in [0.4, 0.5) is 10.5 Å². The predicted molar refractivity (Wildman–Crippen MR) is 102 cm³/mol. The Morgan fingerprint density at radius 1 is 1.00 bits per heavy atom. The number of nitrogens with zero attached hydrogens (tertiary/aromatic N) is 2. The van der Waals surface area contributed by atoms with Gasteiger partial charge in [-0.3, -0.25) is 4.79 Å².